The van der Waals surface area contributed by atoms with Crippen molar-refractivity contribution in [3.05, 3.63) is 63.0 Å². The molecule has 0 aliphatic carbocycles. The zero-order valence-electron chi connectivity index (χ0n) is 22.3. The van der Waals surface area contributed by atoms with Crippen LogP contribution in [0.4, 0.5) is 11.4 Å². The topological polar surface area (TPSA) is 141 Å². The van der Waals surface area contributed by atoms with Gasteiger partial charge in [0.05, 0.1) is 30.7 Å². The number of nitrogens with zero attached hydrogens (tertiary/aromatic N) is 2. The van der Waals surface area contributed by atoms with Crippen LogP contribution >= 0.6 is 11.6 Å². The number of benzene rings is 1. The predicted octanol–water partition coefficient (Wildman–Crippen LogP) is 2.99. The molecule has 11 nitrogen and oxygen atoms in total. The van der Waals surface area contributed by atoms with E-state index in [0.717, 1.165) is 10.1 Å². The zero-order chi connectivity index (χ0) is 28.6. The lowest BCUT2D eigenvalue weighted by molar-refractivity contribution is -0.160. The van der Waals surface area contributed by atoms with Crippen LogP contribution in [0, 0.1) is 0 Å². The number of ether oxygens (including phenoxy) is 2. The first kappa shape index (κ1) is 29.6. The van der Waals surface area contributed by atoms with E-state index in [1.165, 1.54) is 12.3 Å². The quantitative estimate of drug-likeness (QED) is 0.174. The maximum atomic E-state index is 13.2. The largest absolute Gasteiger partial charge is 0.458 e. The Morgan fingerprint density at radius 2 is 1.90 bits per heavy atom. The molecule has 1 amide bonds. The minimum atomic E-state index is -0.639. The first-order chi connectivity index (χ1) is 18.5. The van der Waals surface area contributed by atoms with Crippen molar-refractivity contribution in [3.8, 4) is 0 Å². The van der Waals surface area contributed by atoms with Crippen LogP contribution in [0.3, 0.4) is 0 Å². The average molecular weight is 558 g/mol. The summed E-state index contributed by atoms with van der Waals surface area (Å²) in [7, 11) is 1.70. The minimum Gasteiger partial charge on any atom is -0.458 e. The Balaban J connectivity index is 1.86. The number of aromatic nitrogens is 2. The van der Waals surface area contributed by atoms with Crippen molar-refractivity contribution in [2.75, 3.05) is 37.4 Å². The summed E-state index contributed by atoms with van der Waals surface area (Å²) in [5.41, 5.74) is 0.796. The Hall–Kier alpha value is -3.96. The number of hydrogen-bond donors (Lipinski definition) is 3. The fourth-order valence-electron chi connectivity index (χ4n) is 3.76. The summed E-state index contributed by atoms with van der Waals surface area (Å²) >= 11 is 5.92. The minimum absolute atomic E-state index is 0.141. The van der Waals surface area contributed by atoms with Gasteiger partial charge in [-0.15, -0.1) is 0 Å². The lowest BCUT2D eigenvalue weighted by Gasteiger charge is -2.19. The number of halogens is 1. The second kappa shape index (κ2) is 13.2. The maximum Gasteiger partial charge on any atom is 0.332 e. The third-order valence-electron chi connectivity index (χ3n) is 5.44. The predicted molar refractivity (Wildman–Crippen MR) is 149 cm³/mol. The maximum absolute atomic E-state index is 13.2. The molecular formula is C27H32ClN5O6. The van der Waals surface area contributed by atoms with E-state index in [0.29, 0.717) is 34.6 Å². The third kappa shape index (κ3) is 8.01. The lowest BCUT2D eigenvalue weighted by Crippen LogP contribution is -2.33. The normalized spacial score (nSPS) is 11.2. The fourth-order valence-corrected chi connectivity index (χ4v) is 3.88. The van der Waals surface area contributed by atoms with Gasteiger partial charge in [0.2, 0.25) is 0 Å². The summed E-state index contributed by atoms with van der Waals surface area (Å²) in [6.07, 6.45) is 2.09. The van der Waals surface area contributed by atoms with Gasteiger partial charge in [0.15, 0.2) is 0 Å². The molecule has 0 spiro atoms. The van der Waals surface area contributed by atoms with Crippen molar-refractivity contribution in [2.45, 2.75) is 39.5 Å². The molecule has 2 aromatic heterocycles. The molecule has 0 radical (unpaired) electrons. The number of amides is 1. The van der Waals surface area contributed by atoms with E-state index < -0.39 is 23.0 Å². The Morgan fingerprint density at radius 1 is 1.18 bits per heavy atom. The second-order valence-electron chi connectivity index (χ2n) is 9.55. The van der Waals surface area contributed by atoms with Gasteiger partial charge in [-0.05, 0) is 44.5 Å². The molecule has 3 aromatic rings. The summed E-state index contributed by atoms with van der Waals surface area (Å²) in [5, 5.41) is 10.0. The van der Waals surface area contributed by atoms with E-state index in [9.17, 15) is 19.2 Å². The number of esters is 1. The third-order valence-corrected chi connectivity index (χ3v) is 5.69. The van der Waals surface area contributed by atoms with Crippen molar-refractivity contribution in [1.82, 2.24) is 14.9 Å². The SMILES string of the molecule is CNc1cnc2c(cc(C(=O)NCc3ccc(Cl)cc3)c(=O)n2CC=O)c1NCCOCC(=O)OC(C)(C)C. The number of fused-ring (bicyclic) bond motifs is 1. The van der Waals surface area contributed by atoms with Crippen molar-refractivity contribution < 1.29 is 23.9 Å². The van der Waals surface area contributed by atoms with Crippen LogP contribution in [-0.4, -0.2) is 60.1 Å². The monoisotopic (exact) mass is 557 g/mol. The Kier molecular flexibility index (Phi) is 10.0. The number of pyridine rings is 2. The molecule has 0 saturated carbocycles. The van der Waals surface area contributed by atoms with E-state index in [-0.39, 0.29) is 37.5 Å². The average Bonchev–Trinajstić information content (AvgIpc) is 2.88. The molecule has 0 aliphatic heterocycles. The van der Waals surface area contributed by atoms with Crippen LogP contribution in [0.5, 0.6) is 0 Å². The van der Waals surface area contributed by atoms with Gasteiger partial charge in [-0.3, -0.25) is 14.2 Å². The van der Waals surface area contributed by atoms with E-state index in [4.69, 9.17) is 21.1 Å². The van der Waals surface area contributed by atoms with Crippen LogP contribution in [0.1, 0.15) is 36.7 Å². The summed E-state index contributed by atoms with van der Waals surface area (Å²) in [5.74, 6) is -1.07. The van der Waals surface area contributed by atoms with Gasteiger partial charge in [-0.25, -0.2) is 9.78 Å². The Bertz CT molecular complexity index is 1400. The van der Waals surface area contributed by atoms with Crippen molar-refractivity contribution in [1.29, 1.82) is 0 Å². The van der Waals surface area contributed by atoms with Crippen molar-refractivity contribution >= 4 is 52.2 Å². The van der Waals surface area contributed by atoms with E-state index >= 15 is 0 Å². The second-order valence-corrected chi connectivity index (χ2v) is 9.99. The Labute approximate surface area is 230 Å². The Morgan fingerprint density at radius 3 is 2.54 bits per heavy atom. The van der Waals surface area contributed by atoms with Gasteiger partial charge in [0.25, 0.3) is 11.5 Å². The number of hydrogen-bond acceptors (Lipinski definition) is 9. The van der Waals surface area contributed by atoms with Crippen LogP contribution in [0.2, 0.25) is 5.02 Å². The van der Waals surface area contributed by atoms with Gasteiger partial charge in [-0.1, -0.05) is 23.7 Å². The van der Waals surface area contributed by atoms with Gasteiger partial charge in [0.1, 0.15) is 29.7 Å². The van der Waals surface area contributed by atoms with E-state index in [1.54, 1.807) is 52.1 Å². The highest BCUT2D eigenvalue weighted by Crippen LogP contribution is 2.29. The van der Waals surface area contributed by atoms with E-state index in [1.807, 2.05) is 0 Å². The van der Waals surface area contributed by atoms with Crippen LogP contribution in [0.15, 0.2) is 41.3 Å². The molecule has 0 aliphatic rings. The van der Waals surface area contributed by atoms with Gasteiger partial charge < -0.3 is 30.2 Å². The standard InChI is InChI=1S/C27H32ClN5O6/c1-27(2,3)39-22(35)16-38-12-9-30-23-19-13-20(25(36)32-14-17-5-7-18(28)8-6-17)26(37)33(10-11-34)24(19)31-15-21(23)29-4/h5-8,11,13,15,29H,9-10,12,14,16H2,1-4H3,(H,30,31)(H,32,36). The number of rotatable bonds is 12. The number of carbonyl (C=O) groups excluding carboxylic acids is 3. The molecule has 3 N–H and O–H groups in total. The van der Waals surface area contributed by atoms with Crippen molar-refractivity contribution in [3.63, 3.8) is 0 Å². The highest BCUT2D eigenvalue weighted by atomic mass is 35.5. The van der Waals surface area contributed by atoms with E-state index in [2.05, 4.69) is 20.9 Å². The van der Waals surface area contributed by atoms with Gasteiger partial charge >= 0.3 is 5.97 Å². The number of aldehydes is 1. The summed E-state index contributed by atoms with van der Waals surface area (Å²) in [6, 6.07) is 8.40. The van der Waals surface area contributed by atoms with Gasteiger partial charge in [-0.2, -0.15) is 0 Å². The lowest BCUT2D eigenvalue weighted by atomic mass is 10.1. The number of nitrogens with one attached hydrogen (secondary N) is 3. The van der Waals surface area contributed by atoms with Crippen LogP contribution in [0.25, 0.3) is 11.0 Å². The molecule has 3 rings (SSSR count). The molecule has 39 heavy (non-hydrogen) atoms. The zero-order valence-corrected chi connectivity index (χ0v) is 23.1. The first-order valence-corrected chi connectivity index (χ1v) is 12.7. The van der Waals surface area contributed by atoms with Crippen LogP contribution < -0.4 is 21.5 Å². The molecule has 2 heterocycles. The molecule has 0 unspecified atom stereocenters. The summed E-state index contributed by atoms with van der Waals surface area (Å²) in [6.45, 7) is 5.49. The highest BCUT2D eigenvalue weighted by Gasteiger charge is 2.20. The smallest absolute Gasteiger partial charge is 0.332 e. The summed E-state index contributed by atoms with van der Waals surface area (Å²) < 4.78 is 11.8. The van der Waals surface area contributed by atoms with Gasteiger partial charge in [0, 0.05) is 30.5 Å². The molecular weight excluding hydrogens is 526 g/mol. The molecule has 208 valence electrons. The van der Waals surface area contributed by atoms with Crippen LogP contribution in [-0.2, 0) is 32.2 Å². The molecule has 1 aromatic carbocycles. The fraction of sp³-hybridized carbons (Fsp3) is 0.370. The summed E-state index contributed by atoms with van der Waals surface area (Å²) in [4.78, 5) is 53.9. The number of carbonyl (C=O) groups is 3. The molecule has 0 bridgehead atoms. The molecule has 12 heteroatoms. The number of anilines is 2. The molecule has 0 atom stereocenters. The van der Waals surface area contributed by atoms with Crippen molar-refractivity contribution in [2.24, 2.45) is 0 Å². The highest BCUT2D eigenvalue weighted by molar-refractivity contribution is 6.30. The first-order valence-electron chi connectivity index (χ1n) is 12.3. The molecule has 0 fully saturated rings. The molecule has 0 saturated heterocycles.